The van der Waals surface area contributed by atoms with Crippen LogP contribution < -0.4 is 0 Å². The highest BCUT2D eigenvalue weighted by Crippen LogP contribution is 2.59. The summed E-state index contributed by atoms with van der Waals surface area (Å²) in [5.74, 6) is 0.354. The summed E-state index contributed by atoms with van der Waals surface area (Å²) in [4.78, 5) is 5.34. The average molecular weight is 426 g/mol. The fourth-order valence-corrected chi connectivity index (χ4v) is 7.61. The third-order valence-corrected chi connectivity index (χ3v) is 8.71. The Kier molecular flexibility index (Phi) is 6.11. The summed E-state index contributed by atoms with van der Waals surface area (Å²) in [5.41, 5.74) is 0.171. The number of aliphatic hydroxyl groups is 1. The number of fused-ring (bicyclic) bond motifs is 2. The zero-order chi connectivity index (χ0) is 21.3. The van der Waals surface area contributed by atoms with E-state index >= 15 is 0 Å². The van der Waals surface area contributed by atoms with Gasteiger partial charge in [-0.15, -0.1) is 0 Å². The number of oxime groups is 1. The first-order valence-corrected chi connectivity index (χ1v) is 12.6. The molecule has 1 aliphatic carbocycles. The summed E-state index contributed by atoms with van der Waals surface area (Å²) >= 11 is 0. The van der Waals surface area contributed by atoms with Crippen LogP contribution >= 0.6 is 0 Å². The SMILES string of the molecule is O/N=C/C1=C[C@@]2(O)CC/C=C\CCCCN3CC[C@@H]1[C@]1(C[C@@H]4C=CCCCCN4[C@H]12)C3. The highest BCUT2D eigenvalue weighted by Gasteiger charge is 2.65. The van der Waals surface area contributed by atoms with Crippen molar-refractivity contribution in [3.63, 3.8) is 0 Å². The van der Waals surface area contributed by atoms with Crippen LogP contribution in [-0.2, 0) is 0 Å². The Morgan fingerprint density at radius 1 is 1.00 bits per heavy atom. The van der Waals surface area contributed by atoms with Crippen LogP contribution in [0.5, 0.6) is 0 Å². The second kappa shape index (κ2) is 8.84. The van der Waals surface area contributed by atoms with Crippen molar-refractivity contribution in [2.75, 3.05) is 26.2 Å². The second-order valence-electron chi connectivity index (χ2n) is 10.6. The van der Waals surface area contributed by atoms with E-state index in [2.05, 4.69) is 45.3 Å². The van der Waals surface area contributed by atoms with Crippen molar-refractivity contribution in [2.24, 2.45) is 16.5 Å². The smallest absolute Gasteiger partial charge is 0.0997 e. The van der Waals surface area contributed by atoms with Crippen LogP contribution in [0.15, 0.2) is 41.1 Å². The molecule has 4 aliphatic heterocycles. The molecule has 0 saturated carbocycles. The molecule has 0 amide bonds. The van der Waals surface area contributed by atoms with Crippen molar-refractivity contribution in [1.82, 2.24) is 9.80 Å². The topological polar surface area (TPSA) is 59.3 Å². The van der Waals surface area contributed by atoms with Crippen molar-refractivity contribution >= 4 is 6.21 Å². The minimum atomic E-state index is -0.893. The molecular formula is C26H39N3O2. The Hall–Kier alpha value is -1.43. The minimum absolute atomic E-state index is 0.00931. The zero-order valence-corrected chi connectivity index (χ0v) is 18.8. The number of allylic oxidation sites excluding steroid dienone is 4. The normalized spacial score (nSPS) is 44.9. The summed E-state index contributed by atoms with van der Waals surface area (Å²) in [6.07, 6.45) is 24.2. The molecule has 2 N–H and O–H groups in total. The molecule has 2 fully saturated rings. The molecule has 1 unspecified atom stereocenters. The lowest BCUT2D eigenvalue weighted by Gasteiger charge is -2.57. The molecule has 170 valence electrons. The van der Waals surface area contributed by atoms with Gasteiger partial charge in [0.1, 0.15) is 0 Å². The standard InChI is InChI=1S/C26H39N3O2/c30-26-13-8-4-1-2-5-9-14-28-16-12-23(21(17-26)19-27-31)25(20-28)18-22-11-7-3-6-10-15-29(22)24(25)26/h1,4,7,11,17,19,22-24,30-31H,2-3,5-6,8-10,12-16,18,20H2/b4-1-,11-7?,27-19+/t22-,23-,24+,25-,26-/m0/s1. The van der Waals surface area contributed by atoms with Crippen molar-refractivity contribution in [2.45, 2.75) is 81.9 Å². The van der Waals surface area contributed by atoms with Gasteiger partial charge in [0.05, 0.1) is 17.9 Å². The maximum atomic E-state index is 12.3. The molecule has 5 aliphatic rings. The van der Waals surface area contributed by atoms with Gasteiger partial charge in [-0.05, 0) is 101 Å². The van der Waals surface area contributed by atoms with Gasteiger partial charge in [0.15, 0.2) is 0 Å². The first-order chi connectivity index (χ1) is 15.2. The molecule has 3 bridgehead atoms. The van der Waals surface area contributed by atoms with E-state index in [1.54, 1.807) is 6.21 Å². The average Bonchev–Trinajstić information content (AvgIpc) is 3.02. The number of rotatable bonds is 1. The third-order valence-electron chi connectivity index (χ3n) is 8.71. The molecular weight excluding hydrogens is 386 g/mol. The highest BCUT2D eigenvalue weighted by molar-refractivity contribution is 5.80. The zero-order valence-electron chi connectivity index (χ0n) is 18.8. The monoisotopic (exact) mass is 425 g/mol. The van der Waals surface area contributed by atoms with Gasteiger partial charge in [0.2, 0.25) is 0 Å². The van der Waals surface area contributed by atoms with Gasteiger partial charge in [-0.25, -0.2) is 0 Å². The Morgan fingerprint density at radius 2 is 1.81 bits per heavy atom. The molecule has 4 heterocycles. The van der Waals surface area contributed by atoms with Crippen LogP contribution in [-0.4, -0.2) is 70.2 Å². The van der Waals surface area contributed by atoms with Gasteiger partial charge in [0, 0.05) is 18.0 Å². The Morgan fingerprint density at radius 3 is 2.68 bits per heavy atom. The molecule has 31 heavy (non-hydrogen) atoms. The summed E-state index contributed by atoms with van der Waals surface area (Å²) in [6, 6.07) is 0.534. The second-order valence-corrected chi connectivity index (χ2v) is 10.6. The molecule has 6 atom stereocenters. The molecule has 0 aromatic carbocycles. The van der Waals surface area contributed by atoms with Crippen molar-refractivity contribution in [1.29, 1.82) is 0 Å². The minimum Gasteiger partial charge on any atom is -0.411 e. The largest absolute Gasteiger partial charge is 0.411 e. The lowest BCUT2D eigenvalue weighted by molar-refractivity contribution is -0.0947. The maximum Gasteiger partial charge on any atom is 0.0997 e. The van der Waals surface area contributed by atoms with Crippen LogP contribution in [0.4, 0.5) is 0 Å². The third kappa shape index (κ3) is 3.83. The number of hydrogen-bond acceptors (Lipinski definition) is 5. The van der Waals surface area contributed by atoms with Crippen LogP contribution in [0.2, 0.25) is 0 Å². The fraction of sp³-hybridized carbons (Fsp3) is 0.731. The van der Waals surface area contributed by atoms with Crippen molar-refractivity contribution in [3.8, 4) is 0 Å². The lowest BCUT2D eigenvalue weighted by atomic mass is 9.55. The summed E-state index contributed by atoms with van der Waals surface area (Å²) in [7, 11) is 0. The number of piperidine rings is 1. The van der Waals surface area contributed by atoms with Gasteiger partial charge >= 0.3 is 0 Å². The quantitative estimate of drug-likeness (QED) is 0.287. The lowest BCUT2D eigenvalue weighted by Crippen LogP contribution is -2.66. The molecule has 5 rings (SSSR count). The first kappa shape index (κ1) is 21.4. The van der Waals surface area contributed by atoms with Crippen LogP contribution in [0.25, 0.3) is 0 Å². The van der Waals surface area contributed by atoms with Gasteiger partial charge in [-0.3, -0.25) is 4.90 Å². The van der Waals surface area contributed by atoms with Crippen LogP contribution in [0, 0.1) is 11.3 Å². The van der Waals surface area contributed by atoms with Crippen molar-refractivity contribution in [3.05, 3.63) is 36.0 Å². The number of hydrogen-bond donors (Lipinski definition) is 2. The molecule has 5 nitrogen and oxygen atoms in total. The first-order valence-electron chi connectivity index (χ1n) is 12.6. The molecule has 0 aromatic heterocycles. The van der Waals surface area contributed by atoms with Gasteiger partial charge in [-0.1, -0.05) is 29.5 Å². The molecule has 5 heteroatoms. The molecule has 2 saturated heterocycles. The van der Waals surface area contributed by atoms with Crippen LogP contribution in [0.3, 0.4) is 0 Å². The van der Waals surface area contributed by atoms with Crippen molar-refractivity contribution < 1.29 is 10.3 Å². The van der Waals surface area contributed by atoms with Crippen LogP contribution in [0.1, 0.15) is 64.2 Å². The van der Waals surface area contributed by atoms with Gasteiger partial charge in [-0.2, -0.15) is 0 Å². The predicted molar refractivity (Wildman–Crippen MR) is 124 cm³/mol. The van der Waals surface area contributed by atoms with E-state index in [9.17, 15) is 10.3 Å². The van der Waals surface area contributed by atoms with Gasteiger partial charge in [0.25, 0.3) is 0 Å². The van der Waals surface area contributed by atoms with E-state index in [0.717, 1.165) is 63.9 Å². The van der Waals surface area contributed by atoms with E-state index in [1.165, 1.54) is 32.1 Å². The Balaban J connectivity index is 1.64. The fourth-order valence-electron chi connectivity index (χ4n) is 7.61. The summed E-state index contributed by atoms with van der Waals surface area (Å²) < 4.78 is 0. The molecule has 1 spiro atoms. The Labute approximate surface area is 187 Å². The maximum absolute atomic E-state index is 12.3. The molecule has 0 radical (unpaired) electrons. The van der Waals surface area contributed by atoms with E-state index in [4.69, 9.17) is 0 Å². The van der Waals surface area contributed by atoms with Gasteiger partial charge < -0.3 is 15.2 Å². The predicted octanol–water partition coefficient (Wildman–Crippen LogP) is 4.13. The van der Waals surface area contributed by atoms with E-state index in [1.807, 2.05) is 0 Å². The summed E-state index contributed by atoms with van der Waals surface area (Å²) in [6.45, 7) is 4.38. The summed E-state index contributed by atoms with van der Waals surface area (Å²) in [5, 5.41) is 25.2. The van der Waals surface area contributed by atoms with E-state index < -0.39 is 5.60 Å². The highest BCUT2D eigenvalue weighted by atomic mass is 16.4. The van der Waals surface area contributed by atoms with E-state index in [0.29, 0.717) is 12.0 Å². The number of nitrogens with zero attached hydrogens (tertiary/aromatic N) is 3. The Bertz CT molecular complexity index is 775. The molecule has 0 aromatic rings. The van der Waals surface area contributed by atoms with E-state index in [-0.39, 0.29) is 11.5 Å².